The van der Waals surface area contributed by atoms with E-state index in [0.29, 0.717) is 13.0 Å². The highest BCUT2D eigenvalue weighted by molar-refractivity contribution is 9.10. The first-order chi connectivity index (χ1) is 13.6. The smallest absolute Gasteiger partial charge is 0.269 e. The first-order valence-electron chi connectivity index (χ1n) is 8.98. The van der Waals surface area contributed by atoms with Crippen LogP contribution in [0, 0.1) is 10.1 Å². The van der Waals surface area contributed by atoms with Gasteiger partial charge in [0, 0.05) is 23.0 Å². The number of non-ortho nitro benzene ring substituents is 1. The summed E-state index contributed by atoms with van der Waals surface area (Å²) in [5.74, 6) is 0. The highest BCUT2D eigenvalue weighted by Crippen LogP contribution is 2.35. The maximum atomic E-state index is 11.2. The number of hydrazone groups is 1. The van der Waals surface area contributed by atoms with E-state index in [-0.39, 0.29) is 16.7 Å². The zero-order chi connectivity index (χ0) is 19.5. The molecule has 28 heavy (non-hydrogen) atoms. The third kappa shape index (κ3) is 3.97. The van der Waals surface area contributed by atoms with Crippen molar-refractivity contribution in [1.29, 1.82) is 0 Å². The van der Waals surface area contributed by atoms with Gasteiger partial charge in [-0.2, -0.15) is 5.10 Å². The largest absolute Gasteiger partial charge is 0.284 e. The highest BCUT2D eigenvalue weighted by Gasteiger charge is 2.29. The number of nitro groups is 1. The van der Waals surface area contributed by atoms with E-state index in [1.54, 1.807) is 12.1 Å². The predicted octanol–water partition coefficient (Wildman–Crippen LogP) is 5.71. The molecule has 1 aliphatic rings. The summed E-state index contributed by atoms with van der Waals surface area (Å²) in [6, 6.07) is 25.0. The molecule has 0 saturated heterocycles. The molecule has 3 aromatic rings. The lowest BCUT2D eigenvalue weighted by atomic mass is 9.98. The maximum absolute atomic E-state index is 11.2. The van der Waals surface area contributed by atoms with Crippen LogP contribution in [0.1, 0.15) is 29.2 Å². The Bertz CT molecular complexity index is 1020. The summed E-state index contributed by atoms with van der Waals surface area (Å²) in [5, 5.41) is 18.1. The van der Waals surface area contributed by atoms with E-state index in [2.05, 4.69) is 28.1 Å². The summed E-state index contributed by atoms with van der Waals surface area (Å²) in [6.07, 6.45) is 0.704. The molecular weight excluding hydrogens is 418 g/mol. The zero-order valence-corrected chi connectivity index (χ0v) is 16.6. The Morgan fingerprint density at radius 3 is 2.50 bits per heavy atom. The van der Waals surface area contributed by atoms with E-state index in [1.807, 2.05) is 53.5 Å². The topological polar surface area (TPSA) is 58.7 Å². The monoisotopic (exact) mass is 435 g/mol. The van der Waals surface area contributed by atoms with Crippen LogP contribution in [0.2, 0.25) is 0 Å². The number of hydrogen-bond acceptors (Lipinski definition) is 4. The first kappa shape index (κ1) is 18.4. The van der Waals surface area contributed by atoms with Crippen molar-refractivity contribution >= 4 is 27.3 Å². The number of nitro benzene ring substituents is 1. The standard InChI is InChI=1S/C22H18BrN3O2/c23-19-11-9-17(10-12-19)21-14-22(18-7-4-8-20(13-18)26(27)28)25(24-21)15-16-5-2-1-3-6-16/h1-13,22H,14-15H2/t22-/m0/s1. The molecule has 3 aromatic carbocycles. The van der Waals surface area contributed by atoms with E-state index in [1.165, 1.54) is 6.07 Å². The highest BCUT2D eigenvalue weighted by atomic mass is 79.9. The van der Waals surface area contributed by atoms with Gasteiger partial charge in [-0.3, -0.25) is 15.1 Å². The Kier molecular flexibility index (Phi) is 5.21. The van der Waals surface area contributed by atoms with Crippen LogP contribution >= 0.6 is 15.9 Å². The van der Waals surface area contributed by atoms with Crippen molar-refractivity contribution in [2.24, 2.45) is 5.10 Å². The van der Waals surface area contributed by atoms with Crippen LogP contribution in [0.3, 0.4) is 0 Å². The number of rotatable bonds is 5. The third-order valence-electron chi connectivity index (χ3n) is 4.83. The molecular formula is C22H18BrN3O2. The average Bonchev–Trinajstić information content (AvgIpc) is 3.13. The van der Waals surface area contributed by atoms with E-state index in [4.69, 9.17) is 5.10 Å². The van der Waals surface area contributed by atoms with Gasteiger partial charge in [0.2, 0.25) is 0 Å². The van der Waals surface area contributed by atoms with Crippen molar-refractivity contribution in [3.63, 3.8) is 0 Å². The molecule has 0 spiro atoms. The summed E-state index contributed by atoms with van der Waals surface area (Å²) in [5.41, 5.74) is 4.21. The van der Waals surface area contributed by atoms with E-state index in [0.717, 1.165) is 26.9 Å². The molecule has 0 fully saturated rings. The van der Waals surface area contributed by atoms with E-state index in [9.17, 15) is 10.1 Å². The van der Waals surface area contributed by atoms with Crippen molar-refractivity contribution in [1.82, 2.24) is 5.01 Å². The van der Waals surface area contributed by atoms with Gasteiger partial charge in [-0.25, -0.2) is 0 Å². The quantitative estimate of drug-likeness (QED) is 0.380. The van der Waals surface area contributed by atoms with Gasteiger partial charge in [-0.1, -0.05) is 70.5 Å². The Morgan fingerprint density at radius 1 is 1.04 bits per heavy atom. The SMILES string of the molecule is O=[N+]([O-])c1cccc([C@@H]2CC(c3ccc(Br)cc3)=NN2Cc2ccccc2)c1. The number of benzene rings is 3. The number of hydrogen-bond donors (Lipinski definition) is 0. The Balaban J connectivity index is 1.68. The average molecular weight is 436 g/mol. The lowest BCUT2D eigenvalue weighted by Gasteiger charge is -2.24. The molecule has 0 unspecified atom stereocenters. The lowest BCUT2D eigenvalue weighted by Crippen LogP contribution is -2.19. The fourth-order valence-electron chi connectivity index (χ4n) is 3.42. The molecule has 4 rings (SSSR count). The van der Waals surface area contributed by atoms with Crippen LogP contribution in [-0.2, 0) is 6.54 Å². The molecule has 0 amide bonds. The molecule has 140 valence electrons. The second kappa shape index (κ2) is 7.94. The van der Waals surface area contributed by atoms with Crippen LogP contribution in [0.25, 0.3) is 0 Å². The van der Waals surface area contributed by atoms with Crippen molar-refractivity contribution < 1.29 is 4.92 Å². The molecule has 0 radical (unpaired) electrons. The van der Waals surface area contributed by atoms with Crippen LogP contribution in [0.15, 0.2) is 88.4 Å². The fraction of sp³-hybridized carbons (Fsp3) is 0.136. The zero-order valence-electron chi connectivity index (χ0n) is 15.0. The summed E-state index contributed by atoms with van der Waals surface area (Å²) in [6.45, 7) is 0.647. The van der Waals surface area contributed by atoms with E-state index >= 15 is 0 Å². The van der Waals surface area contributed by atoms with Crippen LogP contribution in [-0.4, -0.2) is 15.6 Å². The Morgan fingerprint density at radius 2 is 1.79 bits per heavy atom. The van der Waals surface area contributed by atoms with E-state index < -0.39 is 0 Å². The van der Waals surface area contributed by atoms with Gasteiger partial charge in [-0.05, 0) is 28.8 Å². The van der Waals surface area contributed by atoms with Gasteiger partial charge in [0.25, 0.3) is 5.69 Å². The minimum Gasteiger partial charge on any atom is -0.284 e. The maximum Gasteiger partial charge on any atom is 0.269 e. The Hall–Kier alpha value is -2.99. The molecule has 0 bridgehead atoms. The van der Waals surface area contributed by atoms with Crippen molar-refractivity contribution in [2.45, 2.75) is 19.0 Å². The van der Waals surface area contributed by atoms with Gasteiger partial charge in [0.05, 0.1) is 23.2 Å². The van der Waals surface area contributed by atoms with Gasteiger partial charge >= 0.3 is 0 Å². The van der Waals surface area contributed by atoms with Gasteiger partial charge in [0.1, 0.15) is 0 Å². The number of halogens is 1. The fourth-order valence-corrected chi connectivity index (χ4v) is 3.69. The molecule has 5 nitrogen and oxygen atoms in total. The normalized spacial score (nSPS) is 16.1. The van der Waals surface area contributed by atoms with Gasteiger partial charge < -0.3 is 0 Å². The second-order valence-corrected chi connectivity index (χ2v) is 7.62. The minimum absolute atomic E-state index is 0.0428. The summed E-state index contributed by atoms with van der Waals surface area (Å²) in [7, 11) is 0. The van der Waals surface area contributed by atoms with Crippen molar-refractivity contribution in [2.75, 3.05) is 0 Å². The van der Waals surface area contributed by atoms with Gasteiger partial charge in [-0.15, -0.1) is 0 Å². The van der Waals surface area contributed by atoms with Crippen LogP contribution < -0.4 is 0 Å². The lowest BCUT2D eigenvalue weighted by molar-refractivity contribution is -0.384. The Labute approximate surface area is 171 Å². The summed E-state index contributed by atoms with van der Waals surface area (Å²) in [4.78, 5) is 10.9. The molecule has 1 atom stereocenters. The summed E-state index contributed by atoms with van der Waals surface area (Å²) >= 11 is 3.47. The van der Waals surface area contributed by atoms with Gasteiger partial charge in [0.15, 0.2) is 0 Å². The first-order valence-corrected chi connectivity index (χ1v) is 9.78. The molecule has 6 heteroatoms. The summed E-state index contributed by atoms with van der Waals surface area (Å²) < 4.78 is 1.02. The third-order valence-corrected chi connectivity index (χ3v) is 5.35. The molecule has 0 N–H and O–H groups in total. The predicted molar refractivity (Wildman–Crippen MR) is 113 cm³/mol. The van der Waals surface area contributed by atoms with Crippen LogP contribution in [0.5, 0.6) is 0 Å². The minimum atomic E-state index is -0.351. The molecule has 1 aliphatic heterocycles. The second-order valence-electron chi connectivity index (χ2n) is 6.71. The molecule has 1 heterocycles. The van der Waals surface area contributed by atoms with Crippen molar-refractivity contribution in [3.05, 3.63) is 110 Å². The molecule has 0 aliphatic carbocycles. The number of nitrogens with zero attached hydrogens (tertiary/aromatic N) is 3. The van der Waals surface area contributed by atoms with Crippen molar-refractivity contribution in [3.8, 4) is 0 Å². The molecule has 0 saturated carbocycles. The van der Waals surface area contributed by atoms with Crippen LogP contribution in [0.4, 0.5) is 5.69 Å². The molecule has 0 aromatic heterocycles.